The Kier molecular flexibility index (Phi) is 3.99. The molecule has 0 spiro atoms. The molecule has 0 amide bonds. The van der Waals surface area contributed by atoms with E-state index < -0.39 is 15.8 Å². The Morgan fingerprint density at radius 2 is 1.94 bits per heavy atom. The minimum absolute atomic E-state index is 0.151. The van der Waals surface area contributed by atoms with E-state index in [0.29, 0.717) is 25.7 Å². The van der Waals surface area contributed by atoms with Crippen LogP contribution in [0.1, 0.15) is 13.3 Å². The molecule has 1 aromatic carbocycles. The fourth-order valence-electron chi connectivity index (χ4n) is 1.98. The fraction of sp³-hybridized carbons (Fsp3) is 0.500. The van der Waals surface area contributed by atoms with Crippen LogP contribution in [0.3, 0.4) is 0 Å². The lowest BCUT2D eigenvalue weighted by Gasteiger charge is -2.19. The van der Waals surface area contributed by atoms with Crippen LogP contribution < -0.4 is 5.32 Å². The van der Waals surface area contributed by atoms with E-state index in [1.807, 2.05) is 6.92 Å². The lowest BCUT2D eigenvalue weighted by molar-refractivity contribution is 0.429. The Balaban J connectivity index is 2.22. The summed E-state index contributed by atoms with van der Waals surface area (Å²) in [5.74, 6) is -0.430. The van der Waals surface area contributed by atoms with Gasteiger partial charge in [0.1, 0.15) is 5.82 Å². The van der Waals surface area contributed by atoms with Crippen molar-refractivity contribution in [1.29, 1.82) is 0 Å². The summed E-state index contributed by atoms with van der Waals surface area (Å²) < 4.78 is 38.9. The minimum atomic E-state index is -3.50. The highest BCUT2D eigenvalue weighted by Crippen LogP contribution is 2.17. The van der Waals surface area contributed by atoms with Crippen molar-refractivity contribution in [2.45, 2.75) is 24.3 Å². The first-order valence-corrected chi connectivity index (χ1v) is 7.43. The van der Waals surface area contributed by atoms with Gasteiger partial charge in [0.2, 0.25) is 10.0 Å². The largest absolute Gasteiger partial charge is 0.313 e. The van der Waals surface area contributed by atoms with Crippen LogP contribution in [0.4, 0.5) is 4.39 Å². The highest BCUT2D eigenvalue weighted by molar-refractivity contribution is 7.89. The molecule has 4 nitrogen and oxygen atoms in total. The van der Waals surface area contributed by atoms with Gasteiger partial charge in [-0.2, -0.15) is 4.31 Å². The van der Waals surface area contributed by atoms with E-state index in [1.165, 1.54) is 28.6 Å². The van der Waals surface area contributed by atoms with E-state index in [0.717, 1.165) is 6.42 Å². The summed E-state index contributed by atoms with van der Waals surface area (Å²) in [5, 5.41) is 3.24. The Labute approximate surface area is 107 Å². The molecular formula is C12H17FN2O2S. The summed E-state index contributed by atoms with van der Waals surface area (Å²) in [7, 11) is -3.50. The maximum atomic E-state index is 12.8. The van der Waals surface area contributed by atoms with Gasteiger partial charge in [-0.1, -0.05) is 0 Å². The van der Waals surface area contributed by atoms with Crippen molar-refractivity contribution in [3.05, 3.63) is 30.1 Å². The van der Waals surface area contributed by atoms with Crippen molar-refractivity contribution in [3.8, 4) is 0 Å². The Hall–Kier alpha value is -0.980. The lowest BCUT2D eigenvalue weighted by Crippen LogP contribution is -2.34. The Morgan fingerprint density at radius 1 is 1.28 bits per heavy atom. The number of hydrogen-bond acceptors (Lipinski definition) is 3. The van der Waals surface area contributed by atoms with E-state index in [2.05, 4.69) is 5.32 Å². The number of nitrogens with one attached hydrogen (secondary N) is 1. The third-order valence-corrected chi connectivity index (χ3v) is 5.03. The molecule has 0 saturated carbocycles. The predicted molar refractivity (Wildman–Crippen MR) is 67.2 cm³/mol. The SMILES string of the molecule is CC1CCN(S(=O)(=O)c2ccc(F)cc2)CCN1. The molecule has 1 aliphatic rings. The van der Waals surface area contributed by atoms with Crippen molar-refractivity contribution in [2.24, 2.45) is 0 Å². The molecule has 1 N–H and O–H groups in total. The molecule has 18 heavy (non-hydrogen) atoms. The maximum absolute atomic E-state index is 12.8. The molecule has 0 aliphatic carbocycles. The van der Waals surface area contributed by atoms with Gasteiger partial charge < -0.3 is 5.32 Å². The van der Waals surface area contributed by atoms with Crippen molar-refractivity contribution < 1.29 is 12.8 Å². The lowest BCUT2D eigenvalue weighted by atomic mass is 10.2. The van der Waals surface area contributed by atoms with E-state index in [1.54, 1.807) is 0 Å². The van der Waals surface area contributed by atoms with Crippen LogP contribution in [0.2, 0.25) is 0 Å². The maximum Gasteiger partial charge on any atom is 0.243 e. The topological polar surface area (TPSA) is 49.4 Å². The van der Waals surface area contributed by atoms with E-state index in [4.69, 9.17) is 0 Å². The number of nitrogens with zero attached hydrogens (tertiary/aromatic N) is 1. The van der Waals surface area contributed by atoms with Gasteiger partial charge in [-0.25, -0.2) is 12.8 Å². The average molecular weight is 272 g/mol. The molecule has 1 atom stereocenters. The molecule has 1 unspecified atom stereocenters. The second kappa shape index (κ2) is 5.34. The van der Waals surface area contributed by atoms with Crippen LogP contribution in [0.25, 0.3) is 0 Å². The molecule has 0 radical (unpaired) electrons. The first kappa shape index (κ1) is 13.5. The van der Waals surface area contributed by atoms with E-state index >= 15 is 0 Å². The highest BCUT2D eigenvalue weighted by Gasteiger charge is 2.26. The Morgan fingerprint density at radius 3 is 2.61 bits per heavy atom. The molecule has 1 aromatic rings. The average Bonchev–Trinajstić information content (AvgIpc) is 2.55. The van der Waals surface area contributed by atoms with Crippen LogP contribution in [-0.4, -0.2) is 38.4 Å². The number of rotatable bonds is 2. The Bertz CT molecular complexity index is 501. The van der Waals surface area contributed by atoms with Crippen molar-refractivity contribution >= 4 is 10.0 Å². The normalized spacial score (nSPS) is 22.7. The molecule has 0 aromatic heterocycles. The summed E-state index contributed by atoms with van der Waals surface area (Å²) in [6.45, 7) is 3.62. The first-order valence-electron chi connectivity index (χ1n) is 5.99. The molecule has 6 heteroatoms. The number of hydrogen-bond donors (Lipinski definition) is 1. The molecule has 100 valence electrons. The quantitative estimate of drug-likeness (QED) is 0.880. The van der Waals surface area contributed by atoms with E-state index in [-0.39, 0.29) is 4.90 Å². The second-order valence-corrected chi connectivity index (χ2v) is 6.44. The minimum Gasteiger partial charge on any atom is -0.313 e. The van der Waals surface area contributed by atoms with Gasteiger partial charge in [-0.3, -0.25) is 0 Å². The standard InChI is InChI=1S/C12H17FN2O2S/c1-10-6-8-15(9-7-14-10)18(16,17)12-4-2-11(13)3-5-12/h2-5,10,14H,6-9H2,1H3. The van der Waals surface area contributed by atoms with Crippen molar-refractivity contribution in [1.82, 2.24) is 9.62 Å². The fourth-order valence-corrected chi connectivity index (χ4v) is 3.44. The smallest absolute Gasteiger partial charge is 0.243 e. The van der Waals surface area contributed by atoms with Crippen LogP contribution in [-0.2, 0) is 10.0 Å². The zero-order chi connectivity index (χ0) is 13.2. The zero-order valence-electron chi connectivity index (χ0n) is 10.3. The van der Waals surface area contributed by atoms with Gasteiger partial charge in [0.15, 0.2) is 0 Å². The van der Waals surface area contributed by atoms with E-state index in [9.17, 15) is 12.8 Å². The highest BCUT2D eigenvalue weighted by atomic mass is 32.2. The summed E-state index contributed by atoms with van der Waals surface area (Å²) in [4.78, 5) is 0.151. The van der Waals surface area contributed by atoms with Gasteiger partial charge in [0.25, 0.3) is 0 Å². The summed E-state index contributed by atoms with van der Waals surface area (Å²) >= 11 is 0. The van der Waals surface area contributed by atoms with Crippen LogP contribution in [0.15, 0.2) is 29.2 Å². The number of benzene rings is 1. The molecule has 2 rings (SSSR count). The summed E-state index contributed by atoms with van der Waals surface area (Å²) in [6, 6.07) is 5.29. The molecule has 1 heterocycles. The molecule has 1 aliphatic heterocycles. The van der Waals surface area contributed by atoms with Crippen molar-refractivity contribution in [3.63, 3.8) is 0 Å². The van der Waals surface area contributed by atoms with Gasteiger partial charge >= 0.3 is 0 Å². The third kappa shape index (κ3) is 2.88. The first-order chi connectivity index (χ1) is 8.50. The van der Waals surface area contributed by atoms with Crippen LogP contribution in [0, 0.1) is 5.82 Å². The summed E-state index contributed by atoms with van der Waals surface area (Å²) in [6.07, 6.45) is 0.778. The van der Waals surface area contributed by atoms with Gasteiger partial charge in [-0.15, -0.1) is 0 Å². The molecule has 1 saturated heterocycles. The monoisotopic (exact) mass is 272 g/mol. The van der Waals surface area contributed by atoms with Crippen LogP contribution in [0.5, 0.6) is 0 Å². The molecule has 0 bridgehead atoms. The number of sulfonamides is 1. The molecular weight excluding hydrogens is 255 g/mol. The van der Waals surface area contributed by atoms with Gasteiger partial charge in [0, 0.05) is 25.7 Å². The zero-order valence-corrected chi connectivity index (χ0v) is 11.1. The predicted octanol–water partition coefficient (Wildman–Crippen LogP) is 1.20. The molecule has 1 fully saturated rings. The second-order valence-electron chi connectivity index (χ2n) is 4.50. The summed E-state index contributed by atoms with van der Waals surface area (Å²) in [5.41, 5.74) is 0. The van der Waals surface area contributed by atoms with Gasteiger partial charge in [0.05, 0.1) is 4.90 Å². The number of halogens is 1. The third-order valence-electron chi connectivity index (χ3n) is 3.12. The van der Waals surface area contributed by atoms with Crippen molar-refractivity contribution in [2.75, 3.05) is 19.6 Å². The van der Waals surface area contributed by atoms with Crippen LogP contribution >= 0.6 is 0 Å². The van der Waals surface area contributed by atoms with Gasteiger partial charge in [-0.05, 0) is 37.6 Å².